The van der Waals surface area contributed by atoms with Gasteiger partial charge >= 0.3 is 0 Å². The fourth-order valence-electron chi connectivity index (χ4n) is 3.22. The summed E-state index contributed by atoms with van der Waals surface area (Å²) in [5.74, 6) is 1.43. The van der Waals surface area contributed by atoms with Crippen LogP contribution in [0.4, 0.5) is 5.69 Å². The van der Waals surface area contributed by atoms with Crippen LogP contribution in [0.15, 0.2) is 22.7 Å². The van der Waals surface area contributed by atoms with E-state index in [9.17, 15) is 0 Å². The van der Waals surface area contributed by atoms with Gasteiger partial charge in [-0.2, -0.15) is 0 Å². The second-order valence-electron chi connectivity index (χ2n) is 5.58. The summed E-state index contributed by atoms with van der Waals surface area (Å²) in [7, 11) is 1.71. The van der Waals surface area contributed by atoms with Crippen LogP contribution in [-0.2, 0) is 0 Å². The van der Waals surface area contributed by atoms with Crippen molar-refractivity contribution in [2.45, 2.75) is 38.5 Å². The largest absolute Gasteiger partial charge is 0.494 e. The molecule has 0 aliphatic heterocycles. The van der Waals surface area contributed by atoms with Gasteiger partial charge in [-0.15, -0.1) is 0 Å². The van der Waals surface area contributed by atoms with Gasteiger partial charge in [0.05, 0.1) is 7.11 Å². The fraction of sp³-hybridized carbons (Fsp3) is 0.471. The molecule has 0 unspecified atom stereocenters. The Balaban J connectivity index is 2.23. The van der Waals surface area contributed by atoms with Crippen molar-refractivity contribution in [3.8, 4) is 5.75 Å². The van der Waals surface area contributed by atoms with Gasteiger partial charge in [0.2, 0.25) is 0 Å². The molecule has 0 amide bonds. The van der Waals surface area contributed by atoms with Crippen LogP contribution in [0, 0.1) is 0 Å². The number of methoxy groups -OCH3 is 1. The first kappa shape index (κ1) is 14.6. The summed E-state index contributed by atoms with van der Waals surface area (Å²) in [6.07, 6.45) is 5.13. The third kappa shape index (κ3) is 2.73. The van der Waals surface area contributed by atoms with Crippen LogP contribution in [0.25, 0.3) is 10.9 Å². The van der Waals surface area contributed by atoms with Crippen LogP contribution in [0.2, 0.25) is 0 Å². The quantitative estimate of drug-likeness (QED) is 0.834. The van der Waals surface area contributed by atoms with E-state index in [0.29, 0.717) is 5.92 Å². The molecule has 4 heteroatoms. The van der Waals surface area contributed by atoms with E-state index in [1.54, 1.807) is 7.11 Å². The molecule has 0 saturated heterocycles. The minimum atomic E-state index is 0.593. The smallest absolute Gasteiger partial charge is 0.145 e. The zero-order chi connectivity index (χ0) is 14.8. The number of pyridine rings is 1. The first-order chi connectivity index (χ1) is 10.2. The Bertz CT molecular complexity index is 651. The summed E-state index contributed by atoms with van der Waals surface area (Å²) in [6, 6.07) is 6.23. The van der Waals surface area contributed by atoms with Crippen molar-refractivity contribution >= 4 is 32.5 Å². The van der Waals surface area contributed by atoms with Gasteiger partial charge in [-0.05, 0) is 38.0 Å². The van der Waals surface area contributed by atoms with Crippen molar-refractivity contribution in [3.05, 3.63) is 28.4 Å². The van der Waals surface area contributed by atoms with E-state index >= 15 is 0 Å². The lowest BCUT2D eigenvalue weighted by molar-refractivity contribution is 0.418. The maximum absolute atomic E-state index is 5.52. The number of hydrogen-bond donors (Lipinski definition) is 1. The normalized spacial score (nSPS) is 15.6. The number of rotatable bonds is 4. The van der Waals surface area contributed by atoms with Crippen LogP contribution in [0.3, 0.4) is 0 Å². The second kappa shape index (κ2) is 6.22. The van der Waals surface area contributed by atoms with E-state index in [2.05, 4.69) is 34.2 Å². The second-order valence-corrected chi connectivity index (χ2v) is 6.43. The Kier molecular flexibility index (Phi) is 4.34. The highest BCUT2D eigenvalue weighted by Crippen LogP contribution is 2.40. The minimum Gasteiger partial charge on any atom is -0.494 e. The number of fused-ring (bicyclic) bond motifs is 1. The third-order valence-electron chi connectivity index (χ3n) is 4.25. The van der Waals surface area contributed by atoms with E-state index in [1.807, 2.05) is 12.1 Å². The predicted molar refractivity (Wildman–Crippen MR) is 91.4 cm³/mol. The number of hydrogen-bond acceptors (Lipinski definition) is 3. The molecule has 3 rings (SSSR count). The topological polar surface area (TPSA) is 34.2 Å². The van der Waals surface area contributed by atoms with Crippen LogP contribution in [0.5, 0.6) is 5.75 Å². The first-order valence-electron chi connectivity index (χ1n) is 7.65. The molecule has 112 valence electrons. The lowest BCUT2D eigenvalue weighted by Gasteiger charge is -2.16. The third-order valence-corrected chi connectivity index (χ3v) is 4.91. The minimum absolute atomic E-state index is 0.593. The number of nitrogens with zero attached hydrogens (tertiary/aromatic N) is 1. The molecule has 3 nitrogen and oxygen atoms in total. The maximum atomic E-state index is 5.52. The Hall–Kier alpha value is -1.29. The fourth-order valence-corrected chi connectivity index (χ4v) is 3.75. The van der Waals surface area contributed by atoms with E-state index in [1.165, 1.54) is 31.4 Å². The van der Waals surface area contributed by atoms with Gasteiger partial charge in [-0.3, -0.25) is 0 Å². The summed E-state index contributed by atoms with van der Waals surface area (Å²) in [6.45, 7) is 3.02. The summed E-state index contributed by atoms with van der Waals surface area (Å²) >= 11 is 3.65. The average molecular weight is 349 g/mol. The van der Waals surface area contributed by atoms with Crippen molar-refractivity contribution in [2.75, 3.05) is 19.0 Å². The molecule has 1 aromatic carbocycles. The highest BCUT2D eigenvalue weighted by atomic mass is 79.9. The summed E-state index contributed by atoms with van der Waals surface area (Å²) in [4.78, 5) is 4.94. The van der Waals surface area contributed by atoms with E-state index in [4.69, 9.17) is 9.72 Å². The number of aromatic nitrogens is 1. The number of nitrogens with one attached hydrogen (secondary N) is 1. The van der Waals surface area contributed by atoms with Crippen LogP contribution >= 0.6 is 15.9 Å². The standard InChI is InChI=1S/C17H21BrN2O/c1-3-19-14-10-13(11-6-4-5-7-11)20-17-15(21-2)9-8-12(18)16(14)17/h8-11H,3-7H2,1-2H3,(H,19,20). The van der Waals surface area contributed by atoms with E-state index in [0.717, 1.165) is 33.4 Å². The molecule has 0 atom stereocenters. The zero-order valence-electron chi connectivity index (χ0n) is 12.6. The van der Waals surface area contributed by atoms with E-state index < -0.39 is 0 Å². The molecule has 2 aromatic rings. The molecule has 0 bridgehead atoms. The lowest BCUT2D eigenvalue weighted by Crippen LogP contribution is -2.04. The Morgan fingerprint density at radius 1 is 1.33 bits per heavy atom. The van der Waals surface area contributed by atoms with Crippen molar-refractivity contribution in [1.29, 1.82) is 0 Å². The summed E-state index contributed by atoms with van der Waals surface area (Å²) < 4.78 is 6.58. The molecular formula is C17H21BrN2O. The molecular weight excluding hydrogens is 328 g/mol. The van der Waals surface area contributed by atoms with Gasteiger partial charge in [0.1, 0.15) is 11.3 Å². The molecule has 1 aliphatic rings. The molecule has 0 spiro atoms. The number of ether oxygens (including phenoxy) is 1. The first-order valence-corrected chi connectivity index (χ1v) is 8.45. The summed E-state index contributed by atoms with van der Waals surface area (Å²) in [5, 5.41) is 4.59. The highest BCUT2D eigenvalue weighted by molar-refractivity contribution is 9.10. The van der Waals surface area contributed by atoms with Gasteiger partial charge in [-0.1, -0.05) is 28.8 Å². The van der Waals surface area contributed by atoms with Gasteiger partial charge in [0.25, 0.3) is 0 Å². The zero-order valence-corrected chi connectivity index (χ0v) is 14.2. The van der Waals surface area contributed by atoms with Gasteiger partial charge < -0.3 is 10.1 Å². The van der Waals surface area contributed by atoms with Crippen LogP contribution in [-0.4, -0.2) is 18.6 Å². The molecule has 1 aliphatic carbocycles. The molecule has 1 aromatic heterocycles. The SMILES string of the molecule is CCNc1cc(C2CCCC2)nc2c(OC)ccc(Br)c12. The molecule has 0 radical (unpaired) electrons. The van der Waals surface area contributed by atoms with Crippen LogP contribution in [0.1, 0.15) is 44.2 Å². The van der Waals surface area contributed by atoms with Gasteiger partial charge in [0.15, 0.2) is 0 Å². The maximum Gasteiger partial charge on any atom is 0.145 e. The molecule has 1 fully saturated rings. The monoisotopic (exact) mass is 348 g/mol. The Morgan fingerprint density at radius 3 is 2.76 bits per heavy atom. The van der Waals surface area contributed by atoms with Crippen molar-refractivity contribution < 1.29 is 4.74 Å². The van der Waals surface area contributed by atoms with Gasteiger partial charge in [0, 0.05) is 33.7 Å². The average Bonchev–Trinajstić information content (AvgIpc) is 3.02. The van der Waals surface area contributed by atoms with Crippen molar-refractivity contribution in [2.24, 2.45) is 0 Å². The van der Waals surface area contributed by atoms with E-state index in [-0.39, 0.29) is 0 Å². The number of benzene rings is 1. The Labute approximate surface area is 134 Å². The summed E-state index contributed by atoms with van der Waals surface area (Å²) in [5.41, 5.74) is 3.30. The number of halogens is 1. The molecule has 1 heterocycles. The van der Waals surface area contributed by atoms with Crippen molar-refractivity contribution in [3.63, 3.8) is 0 Å². The van der Waals surface area contributed by atoms with Crippen molar-refractivity contribution in [1.82, 2.24) is 4.98 Å². The molecule has 21 heavy (non-hydrogen) atoms. The van der Waals surface area contributed by atoms with Gasteiger partial charge in [-0.25, -0.2) is 4.98 Å². The number of anilines is 1. The lowest BCUT2D eigenvalue weighted by atomic mass is 10.0. The molecule has 1 saturated carbocycles. The Morgan fingerprint density at radius 2 is 2.10 bits per heavy atom. The predicted octanol–water partition coefficient (Wildman–Crippen LogP) is 5.10. The van der Waals surface area contributed by atoms with Crippen LogP contribution < -0.4 is 10.1 Å². The molecule has 1 N–H and O–H groups in total. The highest BCUT2D eigenvalue weighted by Gasteiger charge is 2.21.